The van der Waals surface area contributed by atoms with E-state index in [0.717, 1.165) is 10.6 Å². The molecule has 2 rings (SSSR count). The van der Waals surface area contributed by atoms with Crippen molar-refractivity contribution in [1.29, 1.82) is 0 Å². The van der Waals surface area contributed by atoms with E-state index in [4.69, 9.17) is 17.3 Å². The normalized spacial score (nSPS) is 21.7. The summed E-state index contributed by atoms with van der Waals surface area (Å²) in [5, 5.41) is 0.804. The van der Waals surface area contributed by atoms with E-state index in [9.17, 15) is 0 Å². The van der Waals surface area contributed by atoms with Crippen LogP contribution in [0.3, 0.4) is 0 Å². The molecule has 0 aromatic heterocycles. The Morgan fingerprint density at radius 3 is 2.44 bits per heavy atom. The van der Waals surface area contributed by atoms with Gasteiger partial charge in [0.15, 0.2) is 0 Å². The maximum absolute atomic E-state index is 6.53. The van der Waals surface area contributed by atoms with Gasteiger partial charge in [-0.2, -0.15) is 0 Å². The lowest BCUT2D eigenvalue weighted by atomic mass is 9.73. The summed E-state index contributed by atoms with van der Waals surface area (Å²) in [4.78, 5) is 0. The fraction of sp³-hybridized carbons (Fsp3) is 0.571. The molecule has 0 heterocycles. The Kier molecular flexibility index (Phi) is 3.56. The third kappa shape index (κ3) is 2.26. The summed E-state index contributed by atoms with van der Waals surface area (Å²) in [6, 6.07) is 7.99. The van der Waals surface area contributed by atoms with Gasteiger partial charge in [0.25, 0.3) is 0 Å². The predicted molar refractivity (Wildman–Crippen MR) is 69.6 cm³/mol. The van der Waals surface area contributed by atoms with Crippen LogP contribution in [-0.2, 0) is 5.54 Å². The summed E-state index contributed by atoms with van der Waals surface area (Å²) in [7, 11) is 0. The van der Waals surface area contributed by atoms with Gasteiger partial charge in [-0.1, -0.05) is 49.1 Å². The van der Waals surface area contributed by atoms with Gasteiger partial charge in [0, 0.05) is 10.6 Å². The van der Waals surface area contributed by atoms with E-state index in [0.29, 0.717) is 5.92 Å². The van der Waals surface area contributed by atoms with E-state index in [1.807, 2.05) is 18.2 Å². The molecule has 0 saturated heterocycles. The second kappa shape index (κ2) is 4.77. The molecule has 0 spiro atoms. The Morgan fingerprint density at radius 1 is 1.19 bits per heavy atom. The highest BCUT2D eigenvalue weighted by molar-refractivity contribution is 6.31. The van der Waals surface area contributed by atoms with Gasteiger partial charge < -0.3 is 5.73 Å². The lowest BCUT2D eigenvalue weighted by Gasteiger charge is -2.37. The van der Waals surface area contributed by atoms with Crippen molar-refractivity contribution in [3.63, 3.8) is 0 Å². The van der Waals surface area contributed by atoms with Crippen molar-refractivity contribution in [3.8, 4) is 0 Å². The largest absolute Gasteiger partial charge is 0.321 e. The quantitative estimate of drug-likeness (QED) is 0.824. The number of rotatable bonds is 2. The summed E-state index contributed by atoms with van der Waals surface area (Å²) >= 11 is 6.25. The van der Waals surface area contributed by atoms with Crippen LogP contribution in [0.25, 0.3) is 0 Å². The molecule has 0 aliphatic heterocycles. The Labute approximate surface area is 103 Å². The first-order valence-corrected chi connectivity index (χ1v) is 6.54. The molecule has 1 aliphatic carbocycles. The van der Waals surface area contributed by atoms with Crippen molar-refractivity contribution in [2.45, 2.75) is 44.6 Å². The highest BCUT2D eigenvalue weighted by atomic mass is 35.5. The van der Waals surface area contributed by atoms with Gasteiger partial charge in [-0.25, -0.2) is 0 Å². The molecule has 0 amide bonds. The molecule has 88 valence electrons. The van der Waals surface area contributed by atoms with Crippen LogP contribution in [0.5, 0.6) is 0 Å². The van der Waals surface area contributed by atoms with Crippen LogP contribution in [0.4, 0.5) is 0 Å². The first-order chi connectivity index (χ1) is 7.62. The number of nitrogens with two attached hydrogens (primary N) is 1. The molecule has 1 unspecified atom stereocenters. The Hall–Kier alpha value is -0.530. The fourth-order valence-corrected chi connectivity index (χ4v) is 3.16. The molecule has 2 N–H and O–H groups in total. The summed E-state index contributed by atoms with van der Waals surface area (Å²) in [5.74, 6) is 0.571. The van der Waals surface area contributed by atoms with E-state index in [1.54, 1.807) is 0 Å². The molecule has 1 aromatic rings. The fourth-order valence-electron chi connectivity index (χ4n) is 2.82. The van der Waals surface area contributed by atoms with Crippen LogP contribution in [0, 0.1) is 5.92 Å². The van der Waals surface area contributed by atoms with Gasteiger partial charge in [-0.15, -0.1) is 0 Å². The third-order valence-electron chi connectivity index (χ3n) is 3.91. The molecule has 1 nitrogen and oxygen atoms in total. The van der Waals surface area contributed by atoms with Gasteiger partial charge in [0.1, 0.15) is 0 Å². The minimum atomic E-state index is -0.279. The lowest BCUT2D eigenvalue weighted by molar-refractivity contribution is 0.224. The second-order valence-corrected chi connectivity index (χ2v) is 5.50. The van der Waals surface area contributed by atoms with Crippen LogP contribution in [0.15, 0.2) is 24.3 Å². The zero-order valence-electron chi connectivity index (χ0n) is 9.88. The lowest BCUT2D eigenvalue weighted by Crippen LogP contribution is -2.42. The van der Waals surface area contributed by atoms with Crippen LogP contribution < -0.4 is 5.73 Å². The van der Waals surface area contributed by atoms with Crippen molar-refractivity contribution >= 4 is 11.6 Å². The third-order valence-corrected chi connectivity index (χ3v) is 4.24. The monoisotopic (exact) mass is 237 g/mol. The first-order valence-electron chi connectivity index (χ1n) is 6.16. The SMILES string of the molecule is CC(N)(c1ccccc1Cl)C1CCCCC1. The zero-order valence-corrected chi connectivity index (χ0v) is 10.6. The molecule has 0 bridgehead atoms. The summed E-state index contributed by atoms with van der Waals surface area (Å²) in [6.07, 6.45) is 6.44. The van der Waals surface area contributed by atoms with Gasteiger partial charge in [-0.3, -0.25) is 0 Å². The van der Waals surface area contributed by atoms with Crippen molar-refractivity contribution in [1.82, 2.24) is 0 Å². The number of benzene rings is 1. The van der Waals surface area contributed by atoms with Gasteiger partial charge in [-0.05, 0) is 37.3 Å². The highest BCUT2D eigenvalue weighted by Gasteiger charge is 2.33. The minimum Gasteiger partial charge on any atom is -0.321 e. The molecular weight excluding hydrogens is 218 g/mol. The van der Waals surface area contributed by atoms with Crippen LogP contribution >= 0.6 is 11.6 Å². The van der Waals surface area contributed by atoms with Gasteiger partial charge in [0.2, 0.25) is 0 Å². The summed E-state index contributed by atoms with van der Waals surface area (Å²) in [5.41, 5.74) is 7.35. The van der Waals surface area contributed by atoms with Crippen molar-refractivity contribution < 1.29 is 0 Å². The number of hydrogen-bond acceptors (Lipinski definition) is 1. The van der Waals surface area contributed by atoms with Crippen LogP contribution in [-0.4, -0.2) is 0 Å². The van der Waals surface area contributed by atoms with E-state index in [1.165, 1.54) is 32.1 Å². The average molecular weight is 238 g/mol. The molecule has 1 saturated carbocycles. The molecule has 1 fully saturated rings. The van der Waals surface area contributed by atoms with Crippen molar-refractivity contribution in [2.75, 3.05) is 0 Å². The minimum absolute atomic E-state index is 0.279. The molecule has 2 heteroatoms. The first kappa shape index (κ1) is 11.9. The number of hydrogen-bond donors (Lipinski definition) is 1. The average Bonchev–Trinajstić information content (AvgIpc) is 2.30. The highest BCUT2D eigenvalue weighted by Crippen LogP contribution is 2.39. The molecule has 0 radical (unpaired) electrons. The van der Waals surface area contributed by atoms with Crippen molar-refractivity contribution in [2.24, 2.45) is 11.7 Å². The molecular formula is C14H20ClN. The Morgan fingerprint density at radius 2 is 1.81 bits per heavy atom. The predicted octanol–water partition coefficient (Wildman–Crippen LogP) is 4.09. The molecule has 16 heavy (non-hydrogen) atoms. The smallest absolute Gasteiger partial charge is 0.0456 e. The Bertz CT molecular complexity index is 354. The Balaban J connectivity index is 2.26. The van der Waals surface area contributed by atoms with E-state index < -0.39 is 0 Å². The second-order valence-electron chi connectivity index (χ2n) is 5.10. The van der Waals surface area contributed by atoms with Gasteiger partial charge >= 0.3 is 0 Å². The maximum atomic E-state index is 6.53. The van der Waals surface area contributed by atoms with Crippen molar-refractivity contribution in [3.05, 3.63) is 34.9 Å². The standard InChI is InChI=1S/C14H20ClN/c1-14(16,11-7-3-2-4-8-11)12-9-5-6-10-13(12)15/h5-6,9-11H,2-4,7-8,16H2,1H3. The van der Waals surface area contributed by atoms with E-state index in [2.05, 4.69) is 13.0 Å². The zero-order chi connectivity index (χ0) is 11.6. The summed E-state index contributed by atoms with van der Waals surface area (Å²) in [6.45, 7) is 2.13. The van der Waals surface area contributed by atoms with E-state index in [-0.39, 0.29) is 5.54 Å². The summed E-state index contributed by atoms with van der Waals surface area (Å²) < 4.78 is 0. The molecule has 1 atom stereocenters. The van der Waals surface area contributed by atoms with Crippen LogP contribution in [0.1, 0.15) is 44.6 Å². The van der Waals surface area contributed by atoms with Gasteiger partial charge in [0.05, 0.1) is 0 Å². The molecule has 1 aromatic carbocycles. The topological polar surface area (TPSA) is 26.0 Å². The van der Waals surface area contributed by atoms with E-state index >= 15 is 0 Å². The number of halogens is 1. The van der Waals surface area contributed by atoms with Crippen LogP contribution in [0.2, 0.25) is 5.02 Å². The molecule has 1 aliphatic rings. The maximum Gasteiger partial charge on any atom is 0.0456 e.